The van der Waals surface area contributed by atoms with Gasteiger partial charge in [0.1, 0.15) is 5.82 Å². The van der Waals surface area contributed by atoms with Crippen molar-refractivity contribution in [2.24, 2.45) is 17.2 Å². The zero-order valence-corrected chi connectivity index (χ0v) is 11.1. The second kappa shape index (κ2) is 5.33. The Kier molecular flexibility index (Phi) is 3.97. The molecule has 0 saturated heterocycles. The molecule has 1 atom stereocenters. The first kappa shape index (κ1) is 13.4. The molecule has 1 saturated carbocycles. The Morgan fingerprint density at radius 3 is 2.67 bits per heavy atom. The zero-order chi connectivity index (χ0) is 13.2. The molecule has 1 aliphatic rings. The lowest BCUT2D eigenvalue weighted by atomic mass is 9.70. The van der Waals surface area contributed by atoms with Crippen LogP contribution in [0.1, 0.15) is 51.1 Å². The number of pyridine rings is 1. The monoisotopic (exact) mass is 251 g/mol. The van der Waals surface area contributed by atoms with Gasteiger partial charge in [0.25, 0.3) is 0 Å². The zero-order valence-electron chi connectivity index (χ0n) is 11.1. The molecule has 2 rings (SSSR count). The predicted octanol–water partition coefficient (Wildman–Crippen LogP) is 2.94. The fourth-order valence-electron chi connectivity index (χ4n) is 2.87. The van der Waals surface area contributed by atoms with Crippen molar-refractivity contribution in [1.29, 1.82) is 0 Å². The minimum atomic E-state index is -0.273. The van der Waals surface area contributed by atoms with Crippen molar-refractivity contribution < 1.29 is 4.39 Å². The third-order valence-electron chi connectivity index (χ3n) is 4.17. The van der Waals surface area contributed by atoms with E-state index in [0.717, 1.165) is 12.8 Å². The number of rotatable bonds is 3. The SMILES string of the molecule is CC1(C)CCC(C(NN)c2ccncc2F)CC1. The quantitative estimate of drug-likeness (QED) is 0.641. The summed E-state index contributed by atoms with van der Waals surface area (Å²) in [6, 6.07) is 1.61. The van der Waals surface area contributed by atoms with E-state index >= 15 is 0 Å². The number of nitrogens with two attached hydrogens (primary N) is 1. The number of nitrogens with zero attached hydrogens (tertiary/aromatic N) is 1. The van der Waals surface area contributed by atoms with Crippen molar-refractivity contribution in [3.63, 3.8) is 0 Å². The highest BCUT2D eigenvalue weighted by Crippen LogP contribution is 2.42. The smallest absolute Gasteiger partial charge is 0.146 e. The molecular weight excluding hydrogens is 229 g/mol. The molecule has 1 aromatic rings. The third-order valence-corrected chi connectivity index (χ3v) is 4.17. The Hall–Kier alpha value is -1.00. The molecule has 0 aliphatic heterocycles. The van der Waals surface area contributed by atoms with Crippen molar-refractivity contribution in [1.82, 2.24) is 10.4 Å². The van der Waals surface area contributed by atoms with Gasteiger partial charge in [0.05, 0.1) is 12.2 Å². The molecule has 100 valence electrons. The van der Waals surface area contributed by atoms with E-state index in [2.05, 4.69) is 24.3 Å². The van der Waals surface area contributed by atoms with E-state index < -0.39 is 0 Å². The summed E-state index contributed by atoms with van der Waals surface area (Å²) in [6.07, 6.45) is 7.39. The van der Waals surface area contributed by atoms with Gasteiger partial charge in [-0.25, -0.2) is 4.39 Å². The lowest BCUT2D eigenvalue weighted by molar-refractivity contribution is 0.160. The predicted molar refractivity (Wildman–Crippen MR) is 70.0 cm³/mol. The first-order valence-corrected chi connectivity index (χ1v) is 6.59. The summed E-state index contributed by atoms with van der Waals surface area (Å²) in [5.41, 5.74) is 3.83. The summed E-state index contributed by atoms with van der Waals surface area (Å²) in [6.45, 7) is 4.59. The van der Waals surface area contributed by atoms with E-state index in [1.807, 2.05) is 0 Å². The highest BCUT2D eigenvalue weighted by molar-refractivity contribution is 5.18. The summed E-state index contributed by atoms with van der Waals surface area (Å²) in [7, 11) is 0. The van der Waals surface area contributed by atoms with Crippen molar-refractivity contribution in [3.8, 4) is 0 Å². The number of aromatic nitrogens is 1. The molecular formula is C14H22FN3. The lowest BCUT2D eigenvalue weighted by Gasteiger charge is -2.38. The molecule has 0 spiro atoms. The van der Waals surface area contributed by atoms with Gasteiger partial charge in [0.15, 0.2) is 0 Å². The van der Waals surface area contributed by atoms with Crippen molar-refractivity contribution >= 4 is 0 Å². The van der Waals surface area contributed by atoms with E-state index in [1.165, 1.54) is 19.0 Å². The van der Waals surface area contributed by atoms with Crippen molar-refractivity contribution in [2.75, 3.05) is 0 Å². The van der Waals surface area contributed by atoms with Gasteiger partial charge in [-0.2, -0.15) is 0 Å². The van der Waals surface area contributed by atoms with Crippen LogP contribution in [0.15, 0.2) is 18.5 Å². The number of hydrogen-bond donors (Lipinski definition) is 2. The Morgan fingerprint density at radius 1 is 1.44 bits per heavy atom. The Bertz CT molecular complexity index is 396. The molecule has 0 amide bonds. The summed E-state index contributed by atoms with van der Waals surface area (Å²) >= 11 is 0. The van der Waals surface area contributed by atoms with Crippen LogP contribution in [-0.4, -0.2) is 4.98 Å². The molecule has 3 nitrogen and oxygen atoms in total. The minimum Gasteiger partial charge on any atom is -0.271 e. The number of nitrogens with one attached hydrogen (secondary N) is 1. The molecule has 4 heteroatoms. The van der Waals surface area contributed by atoms with Gasteiger partial charge in [-0.15, -0.1) is 0 Å². The van der Waals surface area contributed by atoms with Crippen LogP contribution >= 0.6 is 0 Å². The van der Waals surface area contributed by atoms with Gasteiger partial charge in [0.2, 0.25) is 0 Å². The Morgan fingerprint density at radius 2 is 2.11 bits per heavy atom. The average molecular weight is 251 g/mol. The molecule has 3 N–H and O–H groups in total. The largest absolute Gasteiger partial charge is 0.271 e. The highest BCUT2D eigenvalue weighted by Gasteiger charge is 2.32. The maximum absolute atomic E-state index is 13.8. The van der Waals surface area contributed by atoms with Crippen molar-refractivity contribution in [3.05, 3.63) is 29.8 Å². The van der Waals surface area contributed by atoms with Crippen LogP contribution in [0.2, 0.25) is 0 Å². The highest BCUT2D eigenvalue weighted by atomic mass is 19.1. The lowest BCUT2D eigenvalue weighted by Crippen LogP contribution is -2.37. The molecule has 18 heavy (non-hydrogen) atoms. The summed E-state index contributed by atoms with van der Waals surface area (Å²) in [5, 5.41) is 0. The maximum atomic E-state index is 13.8. The standard InChI is InChI=1S/C14H22FN3/c1-14(2)6-3-10(4-7-14)13(18-16)11-5-8-17-9-12(11)15/h5,8-10,13,18H,3-4,6-7,16H2,1-2H3. The second-order valence-corrected chi connectivity index (χ2v) is 6.04. The summed E-state index contributed by atoms with van der Waals surface area (Å²) < 4.78 is 13.8. The average Bonchev–Trinajstić information content (AvgIpc) is 2.34. The van der Waals surface area contributed by atoms with E-state index in [-0.39, 0.29) is 11.9 Å². The van der Waals surface area contributed by atoms with Crippen LogP contribution < -0.4 is 11.3 Å². The maximum Gasteiger partial charge on any atom is 0.146 e. The molecule has 0 aromatic carbocycles. The molecule has 1 heterocycles. The topological polar surface area (TPSA) is 50.9 Å². The van der Waals surface area contributed by atoms with Gasteiger partial charge >= 0.3 is 0 Å². The molecule has 0 bridgehead atoms. The summed E-state index contributed by atoms with van der Waals surface area (Å²) in [4.78, 5) is 3.79. The van der Waals surface area contributed by atoms with E-state index in [4.69, 9.17) is 5.84 Å². The van der Waals surface area contributed by atoms with Crippen LogP contribution in [0.25, 0.3) is 0 Å². The fourth-order valence-corrected chi connectivity index (χ4v) is 2.87. The molecule has 1 fully saturated rings. The second-order valence-electron chi connectivity index (χ2n) is 6.04. The van der Waals surface area contributed by atoms with Gasteiger partial charge in [-0.3, -0.25) is 16.3 Å². The molecule has 1 unspecified atom stereocenters. The van der Waals surface area contributed by atoms with Crippen LogP contribution in [0.5, 0.6) is 0 Å². The third kappa shape index (κ3) is 2.87. The van der Waals surface area contributed by atoms with Crippen LogP contribution in [-0.2, 0) is 0 Å². The fraction of sp³-hybridized carbons (Fsp3) is 0.643. The first-order valence-electron chi connectivity index (χ1n) is 6.59. The van der Waals surface area contributed by atoms with Crippen LogP contribution in [0, 0.1) is 17.2 Å². The number of hydrazine groups is 1. The molecule has 0 radical (unpaired) electrons. The van der Waals surface area contributed by atoms with Crippen LogP contribution in [0.4, 0.5) is 4.39 Å². The molecule has 1 aromatic heterocycles. The first-order chi connectivity index (χ1) is 8.53. The van der Waals surface area contributed by atoms with Gasteiger partial charge in [0, 0.05) is 11.8 Å². The van der Waals surface area contributed by atoms with Gasteiger partial charge in [-0.1, -0.05) is 13.8 Å². The van der Waals surface area contributed by atoms with E-state index in [9.17, 15) is 4.39 Å². The van der Waals surface area contributed by atoms with Crippen molar-refractivity contribution in [2.45, 2.75) is 45.6 Å². The Labute approximate surface area is 108 Å². The van der Waals surface area contributed by atoms with Crippen LogP contribution in [0.3, 0.4) is 0 Å². The van der Waals surface area contributed by atoms with Gasteiger partial charge < -0.3 is 0 Å². The number of halogens is 1. The summed E-state index contributed by atoms with van der Waals surface area (Å²) in [5.74, 6) is 5.76. The molecule has 1 aliphatic carbocycles. The number of hydrogen-bond acceptors (Lipinski definition) is 3. The minimum absolute atomic E-state index is 0.107. The Balaban J connectivity index is 2.13. The van der Waals surface area contributed by atoms with E-state index in [1.54, 1.807) is 12.3 Å². The van der Waals surface area contributed by atoms with Gasteiger partial charge in [-0.05, 0) is 43.1 Å². The van der Waals surface area contributed by atoms with E-state index in [0.29, 0.717) is 16.9 Å². The normalized spacial score (nSPS) is 21.8.